The molecule has 8 heterocycles. The van der Waals surface area contributed by atoms with Crippen LogP contribution in [0.15, 0.2) is 182 Å². The van der Waals surface area contributed by atoms with Crippen LogP contribution in [-0.2, 0) is 0 Å². The Morgan fingerprint density at radius 2 is 0.676 bits per heavy atom. The Bertz CT molecular complexity index is 3880. The van der Waals surface area contributed by atoms with Crippen molar-refractivity contribution in [3.8, 4) is 11.4 Å². The first-order chi connectivity index (χ1) is 36.8. The van der Waals surface area contributed by atoms with E-state index >= 15 is 0 Å². The lowest BCUT2D eigenvalue weighted by Gasteiger charge is -2.45. The van der Waals surface area contributed by atoms with Crippen LogP contribution in [-0.4, -0.2) is 48.7 Å². The lowest BCUT2D eigenvalue weighted by Crippen LogP contribution is -2.64. The van der Waals surface area contributed by atoms with E-state index in [0.29, 0.717) is 0 Å². The van der Waals surface area contributed by atoms with Crippen molar-refractivity contribution in [1.82, 2.24) is 9.13 Å². The molecule has 0 saturated carbocycles. The second kappa shape index (κ2) is 15.7. The molecule has 74 heavy (non-hydrogen) atoms. The van der Waals surface area contributed by atoms with Crippen molar-refractivity contribution >= 4 is 135 Å². The van der Waals surface area contributed by atoms with Crippen molar-refractivity contribution in [2.45, 2.75) is 51.4 Å². The van der Waals surface area contributed by atoms with Crippen molar-refractivity contribution in [2.75, 3.05) is 45.8 Å². The second-order valence-electron chi connectivity index (χ2n) is 22.0. The molecule has 0 spiro atoms. The number of hydrogen-bond acceptors (Lipinski definition) is 4. The van der Waals surface area contributed by atoms with Crippen LogP contribution in [0, 0.1) is 0 Å². The van der Waals surface area contributed by atoms with E-state index < -0.39 is 0 Å². The van der Waals surface area contributed by atoms with Gasteiger partial charge in [0, 0.05) is 116 Å². The van der Waals surface area contributed by atoms with Gasteiger partial charge in [-0.1, -0.05) is 141 Å². The first-order valence-electron chi connectivity index (χ1n) is 27.6. The van der Waals surface area contributed by atoms with Crippen molar-refractivity contribution in [2.24, 2.45) is 0 Å². The topological polar surface area (TPSA) is 22.8 Å². The van der Waals surface area contributed by atoms with E-state index in [1.807, 2.05) is 0 Å². The molecule has 8 heteroatoms. The molecule has 6 aliphatic heterocycles. The predicted octanol–water partition coefficient (Wildman–Crippen LogP) is 11.9. The molecular formula is C66H54B2N6. The zero-order chi connectivity index (χ0) is 48.2. The lowest BCUT2D eigenvalue weighted by molar-refractivity contribution is 0.726. The summed E-state index contributed by atoms with van der Waals surface area (Å²) in [6, 6.07) is 70.8. The molecule has 11 aromatic rings. The van der Waals surface area contributed by atoms with Gasteiger partial charge in [-0.05, 0) is 125 Å². The number of rotatable bonds is 4. The molecule has 2 aromatic heterocycles. The number of hydrogen-bond donors (Lipinski definition) is 0. The third kappa shape index (κ3) is 5.63. The maximum atomic E-state index is 2.70. The summed E-state index contributed by atoms with van der Waals surface area (Å²) in [7, 11) is 0. The summed E-state index contributed by atoms with van der Waals surface area (Å²) in [5.41, 5.74) is 26.2. The summed E-state index contributed by atoms with van der Waals surface area (Å²) in [5, 5.41) is 5.29. The SMILES string of the molecule is c1ccc(N2c3cc4c(cc3B3c5c2cc(N2CCCCCC2)cc5-n2c5ccccc5c5cccc3c52)B2c3c(cc(N5CCCCCC5)cc3-n3c5ccccc5c5cccc2c53)N4c2ccccc2)cc1. The average Bonchev–Trinajstić information content (AvgIpc) is 3.67. The van der Waals surface area contributed by atoms with Crippen molar-refractivity contribution in [3.63, 3.8) is 0 Å². The molecule has 0 unspecified atom stereocenters. The third-order valence-electron chi connectivity index (χ3n) is 18.1. The number of aromatic nitrogens is 2. The fourth-order valence-corrected chi connectivity index (χ4v) is 15.0. The van der Waals surface area contributed by atoms with Gasteiger partial charge < -0.3 is 28.7 Å². The van der Waals surface area contributed by atoms with E-state index in [1.165, 1.54) is 185 Å². The summed E-state index contributed by atoms with van der Waals surface area (Å²) in [5.74, 6) is 0. The molecule has 6 aliphatic rings. The molecule has 9 aromatic carbocycles. The zero-order valence-electron chi connectivity index (χ0n) is 41.6. The van der Waals surface area contributed by atoms with Gasteiger partial charge in [0.05, 0.1) is 11.0 Å². The minimum atomic E-state index is 0.00115. The molecule has 0 radical (unpaired) electrons. The van der Waals surface area contributed by atoms with Crippen molar-refractivity contribution < 1.29 is 0 Å². The fourth-order valence-electron chi connectivity index (χ4n) is 15.0. The number of nitrogens with zero attached hydrogens (tertiary/aromatic N) is 6. The highest BCUT2D eigenvalue weighted by Crippen LogP contribution is 2.48. The summed E-state index contributed by atoms with van der Waals surface area (Å²) in [6.07, 6.45) is 10.1. The first kappa shape index (κ1) is 41.4. The zero-order valence-corrected chi connectivity index (χ0v) is 41.6. The smallest absolute Gasteiger partial charge is 0.252 e. The van der Waals surface area contributed by atoms with E-state index in [0.717, 1.165) is 26.2 Å². The number of benzene rings is 9. The Balaban J connectivity index is 1.02. The minimum Gasteiger partial charge on any atom is -0.371 e. The molecule has 0 amide bonds. The second-order valence-corrected chi connectivity index (χ2v) is 22.0. The van der Waals surface area contributed by atoms with E-state index in [9.17, 15) is 0 Å². The van der Waals surface area contributed by atoms with Gasteiger partial charge in [-0.25, -0.2) is 0 Å². The molecule has 354 valence electrons. The van der Waals surface area contributed by atoms with Gasteiger partial charge in [0.1, 0.15) is 0 Å². The van der Waals surface area contributed by atoms with Crippen LogP contribution in [0.5, 0.6) is 0 Å². The quantitative estimate of drug-likeness (QED) is 0.164. The molecule has 0 atom stereocenters. The highest BCUT2D eigenvalue weighted by Gasteiger charge is 2.48. The van der Waals surface area contributed by atoms with Crippen molar-refractivity contribution in [1.29, 1.82) is 0 Å². The van der Waals surface area contributed by atoms with E-state index in [-0.39, 0.29) is 13.4 Å². The molecule has 2 saturated heterocycles. The predicted molar refractivity (Wildman–Crippen MR) is 315 cm³/mol. The van der Waals surface area contributed by atoms with Crippen LogP contribution >= 0.6 is 0 Å². The number of anilines is 8. The highest BCUT2D eigenvalue weighted by atomic mass is 15.2. The Morgan fingerprint density at radius 1 is 0.284 bits per heavy atom. The van der Waals surface area contributed by atoms with E-state index in [2.05, 4.69) is 211 Å². The largest absolute Gasteiger partial charge is 0.371 e. The molecule has 0 bridgehead atoms. The summed E-state index contributed by atoms with van der Waals surface area (Å²) in [4.78, 5) is 10.7. The Kier molecular flexibility index (Phi) is 8.79. The maximum Gasteiger partial charge on any atom is 0.252 e. The first-order valence-corrected chi connectivity index (χ1v) is 27.6. The number of fused-ring (bicyclic) bond motifs is 14. The van der Waals surface area contributed by atoms with Gasteiger partial charge in [-0.15, -0.1) is 0 Å². The monoisotopic (exact) mass is 952 g/mol. The van der Waals surface area contributed by atoms with Crippen LogP contribution in [0.2, 0.25) is 0 Å². The van der Waals surface area contributed by atoms with Crippen LogP contribution in [0.25, 0.3) is 55.0 Å². The highest BCUT2D eigenvalue weighted by molar-refractivity contribution is 7.03. The van der Waals surface area contributed by atoms with Crippen LogP contribution < -0.4 is 52.4 Å². The van der Waals surface area contributed by atoms with Gasteiger partial charge >= 0.3 is 0 Å². The summed E-state index contributed by atoms with van der Waals surface area (Å²) >= 11 is 0. The molecular weight excluding hydrogens is 898 g/mol. The van der Waals surface area contributed by atoms with Gasteiger partial charge in [0.15, 0.2) is 0 Å². The Hall–Kier alpha value is -8.09. The van der Waals surface area contributed by atoms with E-state index in [1.54, 1.807) is 0 Å². The normalized spacial score (nSPS) is 16.4. The van der Waals surface area contributed by atoms with Gasteiger partial charge in [0.2, 0.25) is 0 Å². The minimum absolute atomic E-state index is 0.00115. The lowest BCUT2D eigenvalue weighted by atomic mass is 9.30. The molecule has 6 nitrogen and oxygen atoms in total. The van der Waals surface area contributed by atoms with E-state index in [4.69, 9.17) is 0 Å². The van der Waals surface area contributed by atoms with Crippen LogP contribution in [0.1, 0.15) is 51.4 Å². The fraction of sp³-hybridized carbons (Fsp3) is 0.182. The Labute approximate surface area is 432 Å². The van der Waals surface area contributed by atoms with Gasteiger partial charge in [-0.2, -0.15) is 0 Å². The van der Waals surface area contributed by atoms with Gasteiger partial charge in [-0.3, -0.25) is 0 Å². The summed E-state index contributed by atoms with van der Waals surface area (Å²) in [6.45, 7) is 4.32. The standard InChI is InChI=1S/C66H54B2N6/c1-2-16-34-69(33-15-1)45-37-59-63-61(39-45)73-55-31-13-11-25-47(55)49-27-19-29-51(65(49)73)67(63)53-41-54-58(42-57(53)71(59)43-21-7-5-8-22-43)72(44-23-9-6-10-24-44)60-38-46(70-35-17-3-4-18-36-70)40-62-64(60)68(54)52-30-20-28-50-48-26-12-14-32-56(48)74(62)66(50)52/h5-14,19-32,37-42H,1-4,15-18,33-36H2. The molecule has 17 rings (SSSR count). The molecule has 0 N–H and O–H groups in total. The Morgan fingerprint density at radius 3 is 1.12 bits per heavy atom. The van der Waals surface area contributed by atoms with Crippen LogP contribution in [0.3, 0.4) is 0 Å². The van der Waals surface area contributed by atoms with Gasteiger partial charge in [0.25, 0.3) is 13.4 Å². The summed E-state index contributed by atoms with van der Waals surface area (Å²) < 4.78 is 5.29. The van der Waals surface area contributed by atoms with Crippen molar-refractivity contribution in [3.05, 3.63) is 182 Å². The maximum absolute atomic E-state index is 2.70. The molecule has 2 fully saturated rings. The third-order valence-corrected chi connectivity index (χ3v) is 18.1. The molecule has 0 aliphatic carbocycles. The number of para-hydroxylation sites is 6. The van der Waals surface area contributed by atoms with Crippen LogP contribution in [0.4, 0.5) is 45.5 Å². The average molecular weight is 953 g/mol.